The molecular weight excluding hydrogens is 480 g/mol. The van der Waals surface area contributed by atoms with Crippen LogP contribution in [-0.2, 0) is 14.8 Å². The second kappa shape index (κ2) is 9.98. The third kappa shape index (κ3) is 5.86. The second-order valence-electron chi connectivity index (χ2n) is 6.91. The Hall–Kier alpha value is -2.84. The Morgan fingerprint density at radius 2 is 1.71 bits per heavy atom. The minimum absolute atomic E-state index is 0.143. The van der Waals surface area contributed by atoms with Gasteiger partial charge in [0.15, 0.2) is 6.61 Å². The van der Waals surface area contributed by atoms with Crippen molar-refractivity contribution in [1.29, 1.82) is 0 Å². The van der Waals surface area contributed by atoms with Crippen molar-refractivity contribution in [3.8, 4) is 5.75 Å². The predicted molar refractivity (Wildman–Crippen MR) is 125 cm³/mol. The molecule has 1 N–H and O–H groups in total. The van der Waals surface area contributed by atoms with Crippen molar-refractivity contribution in [2.24, 2.45) is 0 Å². The number of carbonyl (C=O) groups is 1. The highest BCUT2D eigenvalue weighted by Gasteiger charge is 2.20. The fourth-order valence-corrected chi connectivity index (χ4v) is 4.57. The molecule has 0 spiro atoms. The normalized spacial score (nSPS) is 12.1. The van der Waals surface area contributed by atoms with Crippen molar-refractivity contribution in [3.63, 3.8) is 0 Å². The van der Waals surface area contributed by atoms with Gasteiger partial charge in [-0.2, -0.15) is 0 Å². The van der Waals surface area contributed by atoms with Gasteiger partial charge in [-0.05, 0) is 61.0 Å². The van der Waals surface area contributed by atoms with Gasteiger partial charge in [0.05, 0.1) is 16.6 Å². The van der Waals surface area contributed by atoms with Gasteiger partial charge in [-0.1, -0.05) is 46.3 Å². The van der Waals surface area contributed by atoms with Gasteiger partial charge in [0.25, 0.3) is 15.9 Å². The average Bonchev–Trinajstić information content (AvgIpc) is 2.78. The molecule has 0 aliphatic rings. The average molecular weight is 503 g/mol. The number of halogens is 1. The van der Waals surface area contributed by atoms with Gasteiger partial charge in [-0.15, -0.1) is 0 Å². The molecule has 8 heteroatoms. The molecule has 0 heterocycles. The number of hydrogen-bond donors (Lipinski definition) is 1. The summed E-state index contributed by atoms with van der Waals surface area (Å²) in [6.07, 6.45) is 0. The summed E-state index contributed by atoms with van der Waals surface area (Å²) in [5.74, 6) is 0.222. The maximum absolute atomic E-state index is 12.7. The predicted octanol–water partition coefficient (Wildman–Crippen LogP) is 4.53. The molecule has 0 aliphatic heterocycles. The summed E-state index contributed by atoms with van der Waals surface area (Å²) in [5, 5.41) is 2.89. The standard InChI is InChI=1S/C23H23BrN2O4S/c1-17(18-7-6-8-19(24)15-18)25-23(27)16-30-21-13-11-20(12-14-21)26(2)31(28,29)22-9-4-3-5-10-22/h3-15,17H,16H2,1-2H3,(H,25,27)/t17-/m0/s1. The van der Waals surface area contributed by atoms with E-state index in [0.29, 0.717) is 11.4 Å². The zero-order valence-corrected chi connectivity index (χ0v) is 19.6. The molecule has 0 saturated heterocycles. The Labute approximate surface area is 191 Å². The van der Waals surface area contributed by atoms with E-state index in [-0.39, 0.29) is 23.5 Å². The maximum atomic E-state index is 12.7. The Morgan fingerprint density at radius 1 is 1.03 bits per heavy atom. The van der Waals surface area contributed by atoms with E-state index in [1.165, 1.54) is 11.4 Å². The first kappa shape index (κ1) is 22.8. The molecule has 0 bridgehead atoms. The van der Waals surface area contributed by atoms with Gasteiger partial charge in [0, 0.05) is 11.5 Å². The van der Waals surface area contributed by atoms with E-state index in [0.717, 1.165) is 10.0 Å². The minimum atomic E-state index is -3.65. The lowest BCUT2D eigenvalue weighted by atomic mass is 10.1. The highest BCUT2D eigenvalue weighted by Crippen LogP contribution is 2.24. The second-order valence-corrected chi connectivity index (χ2v) is 9.80. The van der Waals surface area contributed by atoms with Gasteiger partial charge >= 0.3 is 0 Å². The summed E-state index contributed by atoms with van der Waals surface area (Å²) < 4.78 is 33.1. The van der Waals surface area contributed by atoms with E-state index in [1.807, 2.05) is 31.2 Å². The Bertz CT molecular complexity index is 1140. The topological polar surface area (TPSA) is 75.7 Å². The Balaban J connectivity index is 1.57. The first-order valence-corrected chi connectivity index (χ1v) is 11.8. The van der Waals surface area contributed by atoms with Crippen LogP contribution in [-0.4, -0.2) is 28.0 Å². The fourth-order valence-electron chi connectivity index (χ4n) is 2.93. The molecule has 162 valence electrons. The molecule has 0 radical (unpaired) electrons. The smallest absolute Gasteiger partial charge is 0.264 e. The van der Waals surface area contributed by atoms with E-state index in [4.69, 9.17) is 4.74 Å². The largest absolute Gasteiger partial charge is 0.484 e. The lowest BCUT2D eigenvalue weighted by Gasteiger charge is -2.20. The summed E-state index contributed by atoms with van der Waals surface area (Å²) in [7, 11) is -2.15. The van der Waals surface area contributed by atoms with E-state index < -0.39 is 10.0 Å². The summed E-state index contributed by atoms with van der Waals surface area (Å²) in [6.45, 7) is 1.76. The fraction of sp³-hybridized carbons (Fsp3) is 0.174. The van der Waals surface area contributed by atoms with Crippen LogP contribution in [0.2, 0.25) is 0 Å². The third-order valence-corrected chi connectivity index (χ3v) is 6.99. The van der Waals surface area contributed by atoms with Gasteiger partial charge in [0.1, 0.15) is 5.75 Å². The van der Waals surface area contributed by atoms with Crippen LogP contribution in [0.1, 0.15) is 18.5 Å². The van der Waals surface area contributed by atoms with Crippen LogP contribution in [0.25, 0.3) is 0 Å². The molecule has 6 nitrogen and oxygen atoms in total. The number of nitrogens with zero attached hydrogens (tertiary/aromatic N) is 1. The highest BCUT2D eigenvalue weighted by atomic mass is 79.9. The van der Waals surface area contributed by atoms with E-state index in [1.54, 1.807) is 54.6 Å². The lowest BCUT2D eigenvalue weighted by Crippen LogP contribution is -2.31. The molecule has 3 aromatic carbocycles. The van der Waals surface area contributed by atoms with Crippen LogP contribution in [0.15, 0.2) is 88.2 Å². The van der Waals surface area contributed by atoms with Gasteiger partial charge in [-0.3, -0.25) is 9.10 Å². The van der Waals surface area contributed by atoms with Crippen molar-refractivity contribution in [1.82, 2.24) is 5.32 Å². The first-order chi connectivity index (χ1) is 14.8. The van der Waals surface area contributed by atoms with Gasteiger partial charge in [0.2, 0.25) is 0 Å². The molecular formula is C23H23BrN2O4S. The van der Waals surface area contributed by atoms with E-state index in [9.17, 15) is 13.2 Å². The quantitative estimate of drug-likeness (QED) is 0.490. The molecule has 0 unspecified atom stereocenters. The number of sulfonamides is 1. The zero-order chi connectivity index (χ0) is 22.4. The summed E-state index contributed by atoms with van der Waals surface area (Å²) in [4.78, 5) is 12.4. The SMILES string of the molecule is C[C@H](NC(=O)COc1ccc(N(C)S(=O)(=O)c2ccccc2)cc1)c1cccc(Br)c1. The Kier molecular flexibility index (Phi) is 7.35. The number of hydrogen-bond acceptors (Lipinski definition) is 4. The van der Waals surface area contributed by atoms with Crippen LogP contribution < -0.4 is 14.4 Å². The molecule has 31 heavy (non-hydrogen) atoms. The number of nitrogens with one attached hydrogen (secondary N) is 1. The van der Waals surface area contributed by atoms with Crippen LogP contribution in [0, 0.1) is 0 Å². The molecule has 1 atom stereocenters. The van der Waals surface area contributed by atoms with Crippen molar-refractivity contribution in [2.75, 3.05) is 18.0 Å². The van der Waals surface area contributed by atoms with Crippen LogP contribution in [0.5, 0.6) is 5.75 Å². The van der Waals surface area contributed by atoms with E-state index >= 15 is 0 Å². The van der Waals surface area contributed by atoms with Gasteiger partial charge < -0.3 is 10.1 Å². The molecule has 0 fully saturated rings. The third-order valence-electron chi connectivity index (χ3n) is 4.70. The highest BCUT2D eigenvalue weighted by molar-refractivity contribution is 9.10. The lowest BCUT2D eigenvalue weighted by molar-refractivity contribution is -0.123. The van der Waals surface area contributed by atoms with Crippen LogP contribution in [0.4, 0.5) is 5.69 Å². The molecule has 3 aromatic rings. The minimum Gasteiger partial charge on any atom is -0.484 e. The van der Waals surface area contributed by atoms with Crippen molar-refractivity contribution in [3.05, 3.63) is 88.9 Å². The number of carbonyl (C=O) groups excluding carboxylic acids is 1. The summed E-state index contributed by atoms with van der Waals surface area (Å²) >= 11 is 3.42. The number of amides is 1. The van der Waals surface area contributed by atoms with Gasteiger partial charge in [-0.25, -0.2) is 8.42 Å². The number of ether oxygens (including phenoxy) is 1. The van der Waals surface area contributed by atoms with Crippen molar-refractivity contribution in [2.45, 2.75) is 17.9 Å². The summed E-state index contributed by atoms with van der Waals surface area (Å²) in [6, 6.07) is 22.3. The molecule has 0 aromatic heterocycles. The number of anilines is 1. The zero-order valence-electron chi connectivity index (χ0n) is 17.2. The monoisotopic (exact) mass is 502 g/mol. The van der Waals surface area contributed by atoms with Crippen molar-refractivity contribution >= 4 is 37.5 Å². The molecule has 0 saturated carbocycles. The number of rotatable bonds is 8. The molecule has 3 rings (SSSR count). The molecule has 0 aliphatic carbocycles. The van der Waals surface area contributed by atoms with Crippen LogP contribution in [0.3, 0.4) is 0 Å². The Morgan fingerprint density at radius 3 is 2.35 bits per heavy atom. The maximum Gasteiger partial charge on any atom is 0.264 e. The van der Waals surface area contributed by atoms with E-state index in [2.05, 4.69) is 21.2 Å². The number of benzene rings is 3. The first-order valence-electron chi connectivity index (χ1n) is 9.59. The summed E-state index contributed by atoms with van der Waals surface area (Å²) in [5.41, 5.74) is 1.47. The molecule has 1 amide bonds. The van der Waals surface area contributed by atoms with Crippen LogP contribution >= 0.6 is 15.9 Å². The van der Waals surface area contributed by atoms with Crippen molar-refractivity contribution < 1.29 is 17.9 Å².